The molecule has 0 aromatic rings. The second-order valence-electron chi connectivity index (χ2n) is 24.0. The molecule has 0 saturated heterocycles. The van der Waals surface area contributed by atoms with E-state index in [0.29, 0.717) is 12.8 Å². The Morgan fingerprint density at radius 3 is 0.813 bits per heavy atom. The SMILES string of the molecule is CCCCCCC/C=C\C/C=C\C/C=C\CCCCCCCCCCCCCCCCCCCCC(=O)NC(CO)C(O)CCCCCCCCCCCCCCCCCCCCCCCCCCCCCCCC. The number of hydrogen-bond acceptors (Lipinski definition) is 3. The number of unbranched alkanes of at least 4 members (excludes halogenated alkanes) is 52. The van der Waals surface area contributed by atoms with Gasteiger partial charge in [-0.05, 0) is 51.4 Å². The van der Waals surface area contributed by atoms with Crippen LogP contribution in [-0.4, -0.2) is 34.9 Å². The van der Waals surface area contributed by atoms with Crippen molar-refractivity contribution >= 4 is 5.91 Å². The van der Waals surface area contributed by atoms with Gasteiger partial charge in [0, 0.05) is 6.42 Å². The normalized spacial score (nSPS) is 12.9. The monoisotopic (exact) mass is 1050 g/mol. The summed E-state index contributed by atoms with van der Waals surface area (Å²) >= 11 is 0. The third kappa shape index (κ3) is 63.3. The predicted molar refractivity (Wildman–Crippen MR) is 336 cm³/mol. The topological polar surface area (TPSA) is 69.6 Å². The number of rotatable bonds is 65. The van der Waals surface area contributed by atoms with Crippen LogP contribution < -0.4 is 5.32 Å². The lowest BCUT2D eigenvalue weighted by Crippen LogP contribution is -2.45. The molecular formula is C71H137NO3. The van der Waals surface area contributed by atoms with Crippen molar-refractivity contribution in [2.24, 2.45) is 0 Å². The van der Waals surface area contributed by atoms with Crippen molar-refractivity contribution in [1.29, 1.82) is 0 Å². The molecule has 0 aliphatic rings. The van der Waals surface area contributed by atoms with Crippen LogP contribution in [0, 0.1) is 0 Å². The van der Waals surface area contributed by atoms with Gasteiger partial charge in [-0.2, -0.15) is 0 Å². The molecule has 0 aromatic heterocycles. The van der Waals surface area contributed by atoms with Crippen molar-refractivity contribution < 1.29 is 15.0 Å². The van der Waals surface area contributed by atoms with Gasteiger partial charge in [-0.15, -0.1) is 0 Å². The van der Waals surface area contributed by atoms with Crippen LogP contribution in [0.25, 0.3) is 0 Å². The van der Waals surface area contributed by atoms with E-state index < -0.39 is 12.1 Å². The largest absolute Gasteiger partial charge is 0.394 e. The standard InChI is InChI=1S/C71H137NO3/c1-3-5-7-9-11-13-15-17-19-21-23-25-27-29-31-33-35-36-37-39-41-43-45-47-49-51-53-55-57-59-61-63-65-67-71(75)72-69(68-73)70(74)66-64-62-60-58-56-54-52-50-48-46-44-42-40-38-34-32-30-28-26-24-22-20-18-16-14-12-10-8-6-4-2/h15,17,21,23,27,29,69-70,73-74H,3-14,16,18-20,22,24-26,28,30-68H2,1-2H3,(H,72,75)/b17-15-,23-21-,29-27-. The Bertz CT molecular complexity index is 1150. The summed E-state index contributed by atoms with van der Waals surface area (Å²) < 4.78 is 0. The van der Waals surface area contributed by atoms with Crippen molar-refractivity contribution in [3.63, 3.8) is 0 Å². The highest BCUT2D eigenvalue weighted by Gasteiger charge is 2.20. The second kappa shape index (κ2) is 66.9. The van der Waals surface area contributed by atoms with Crippen LogP contribution in [-0.2, 0) is 4.79 Å². The molecule has 0 saturated carbocycles. The maximum atomic E-state index is 12.6. The number of carbonyl (C=O) groups excluding carboxylic acids is 1. The van der Waals surface area contributed by atoms with E-state index in [1.807, 2.05) is 0 Å². The van der Waals surface area contributed by atoms with Crippen molar-refractivity contribution in [3.05, 3.63) is 36.5 Å². The van der Waals surface area contributed by atoms with Crippen molar-refractivity contribution in [2.45, 2.75) is 405 Å². The summed E-state index contributed by atoms with van der Waals surface area (Å²) in [5, 5.41) is 23.5. The van der Waals surface area contributed by atoms with E-state index in [0.717, 1.165) is 38.5 Å². The Kier molecular flexibility index (Phi) is 65.6. The molecule has 444 valence electrons. The van der Waals surface area contributed by atoms with Gasteiger partial charge in [0.1, 0.15) is 0 Å². The van der Waals surface area contributed by atoms with Crippen LogP contribution in [0.2, 0.25) is 0 Å². The van der Waals surface area contributed by atoms with Crippen LogP contribution in [0.15, 0.2) is 36.5 Å². The van der Waals surface area contributed by atoms with Gasteiger partial charge >= 0.3 is 0 Å². The summed E-state index contributed by atoms with van der Waals surface area (Å²) in [6.07, 6.45) is 92.0. The summed E-state index contributed by atoms with van der Waals surface area (Å²) in [5.41, 5.74) is 0. The fraction of sp³-hybridized carbons (Fsp3) is 0.901. The van der Waals surface area contributed by atoms with Gasteiger partial charge < -0.3 is 15.5 Å². The molecule has 2 unspecified atom stereocenters. The maximum Gasteiger partial charge on any atom is 0.220 e. The minimum absolute atomic E-state index is 0.0237. The molecule has 0 aliphatic carbocycles. The molecule has 0 radical (unpaired) electrons. The highest BCUT2D eigenvalue weighted by atomic mass is 16.3. The first kappa shape index (κ1) is 73.6. The third-order valence-corrected chi connectivity index (χ3v) is 16.4. The number of aliphatic hydroxyl groups is 2. The summed E-state index contributed by atoms with van der Waals surface area (Å²) in [6, 6.07) is -0.537. The lowest BCUT2D eigenvalue weighted by Gasteiger charge is -2.22. The molecule has 0 fully saturated rings. The van der Waals surface area contributed by atoms with E-state index >= 15 is 0 Å². The van der Waals surface area contributed by atoms with Crippen molar-refractivity contribution in [1.82, 2.24) is 5.32 Å². The summed E-state index contributed by atoms with van der Waals surface area (Å²) in [6.45, 7) is 4.39. The predicted octanol–water partition coefficient (Wildman–Crippen LogP) is 23.5. The zero-order chi connectivity index (χ0) is 54.1. The molecular weight excluding hydrogens is 915 g/mol. The Hall–Kier alpha value is -1.39. The molecule has 1 amide bonds. The van der Waals surface area contributed by atoms with E-state index in [9.17, 15) is 15.0 Å². The molecule has 75 heavy (non-hydrogen) atoms. The van der Waals surface area contributed by atoms with Gasteiger partial charge in [0.25, 0.3) is 0 Å². The summed E-state index contributed by atoms with van der Waals surface area (Å²) in [5.74, 6) is -0.0237. The van der Waals surface area contributed by atoms with Crippen LogP contribution in [0.3, 0.4) is 0 Å². The number of nitrogens with one attached hydrogen (secondary N) is 1. The zero-order valence-electron chi connectivity index (χ0n) is 51.3. The summed E-state index contributed by atoms with van der Waals surface area (Å²) in [4.78, 5) is 12.6. The fourth-order valence-electron chi connectivity index (χ4n) is 11.1. The number of carbonyl (C=O) groups is 1. The highest BCUT2D eigenvalue weighted by Crippen LogP contribution is 2.19. The molecule has 0 heterocycles. The first-order valence-electron chi connectivity index (χ1n) is 34.7. The van der Waals surface area contributed by atoms with E-state index in [-0.39, 0.29) is 12.5 Å². The van der Waals surface area contributed by atoms with E-state index in [2.05, 4.69) is 55.6 Å². The van der Waals surface area contributed by atoms with Crippen LogP contribution in [0.5, 0.6) is 0 Å². The second-order valence-corrected chi connectivity index (χ2v) is 24.0. The first-order chi connectivity index (χ1) is 37.2. The van der Waals surface area contributed by atoms with Gasteiger partial charge in [-0.25, -0.2) is 0 Å². The average Bonchev–Trinajstić information content (AvgIpc) is 3.41. The van der Waals surface area contributed by atoms with Crippen LogP contribution >= 0.6 is 0 Å². The maximum absolute atomic E-state index is 12.6. The summed E-state index contributed by atoms with van der Waals surface area (Å²) in [7, 11) is 0. The molecule has 2 atom stereocenters. The third-order valence-electron chi connectivity index (χ3n) is 16.4. The van der Waals surface area contributed by atoms with Crippen molar-refractivity contribution in [2.75, 3.05) is 6.61 Å². The smallest absolute Gasteiger partial charge is 0.220 e. The molecule has 0 rings (SSSR count). The van der Waals surface area contributed by atoms with Gasteiger partial charge in [-0.3, -0.25) is 4.79 Å². The molecule has 3 N–H and O–H groups in total. The Morgan fingerprint density at radius 1 is 0.320 bits per heavy atom. The van der Waals surface area contributed by atoms with Crippen LogP contribution in [0.1, 0.15) is 393 Å². The number of aliphatic hydroxyl groups excluding tert-OH is 2. The number of hydrogen-bond donors (Lipinski definition) is 3. The lowest BCUT2D eigenvalue weighted by atomic mass is 10.0. The van der Waals surface area contributed by atoms with Gasteiger partial charge in [0.2, 0.25) is 5.91 Å². The number of allylic oxidation sites excluding steroid dienone is 6. The Balaban J connectivity index is 3.40. The minimum atomic E-state index is -0.660. The fourth-order valence-corrected chi connectivity index (χ4v) is 11.1. The quantitative estimate of drug-likeness (QED) is 0.0420. The highest BCUT2D eigenvalue weighted by molar-refractivity contribution is 5.76. The molecule has 0 spiro atoms. The van der Waals surface area contributed by atoms with Gasteiger partial charge in [-0.1, -0.05) is 371 Å². The molecule has 4 heteroatoms. The first-order valence-corrected chi connectivity index (χ1v) is 34.7. The molecule has 0 aromatic carbocycles. The minimum Gasteiger partial charge on any atom is -0.394 e. The van der Waals surface area contributed by atoms with E-state index in [1.54, 1.807) is 0 Å². The van der Waals surface area contributed by atoms with E-state index in [4.69, 9.17) is 0 Å². The molecule has 4 nitrogen and oxygen atoms in total. The Labute approximate surface area is 472 Å². The van der Waals surface area contributed by atoms with Gasteiger partial charge in [0.15, 0.2) is 0 Å². The average molecular weight is 1050 g/mol. The lowest BCUT2D eigenvalue weighted by molar-refractivity contribution is -0.123. The molecule has 0 aliphatic heterocycles. The molecule has 0 bridgehead atoms. The van der Waals surface area contributed by atoms with Crippen molar-refractivity contribution in [3.8, 4) is 0 Å². The zero-order valence-corrected chi connectivity index (χ0v) is 51.3. The van der Waals surface area contributed by atoms with E-state index in [1.165, 1.54) is 327 Å². The Morgan fingerprint density at radius 2 is 0.547 bits per heavy atom. The van der Waals surface area contributed by atoms with Crippen LogP contribution in [0.4, 0.5) is 0 Å². The van der Waals surface area contributed by atoms with Gasteiger partial charge in [0.05, 0.1) is 18.8 Å². The number of amides is 1.